The number of carbonyl (C=O) groups is 2. The predicted octanol–water partition coefficient (Wildman–Crippen LogP) is 3.39. The molecule has 0 aromatic rings. The first-order valence-corrected chi connectivity index (χ1v) is 8.47. The average molecular weight is 306 g/mol. The molecule has 2 fully saturated rings. The Hall–Kier alpha value is -1.50. The third-order valence-electron chi connectivity index (χ3n) is 4.96. The summed E-state index contributed by atoms with van der Waals surface area (Å²) in [4.78, 5) is 23.5. The van der Waals surface area contributed by atoms with E-state index >= 15 is 0 Å². The molecule has 4 nitrogen and oxygen atoms in total. The van der Waals surface area contributed by atoms with E-state index in [4.69, 9.17) is 11.2 Å². The lowest BCUT2D eigenvalue weighted by Gasteiger charge is -2.26. The maximum absolute atomic E-state index is 12.0. The SMILES string of the molecule is C#CCCC[C@@H]1C[C@H]1OC(=O)C[C@H](C(=O)O)C1CCCCC1. The Kier molecular flexibility index (Phi) is 6.30. The average Bonchev–Trinajstić information content (AvgIpc) is 3.23. The smallest absolute Gasteiger partial charge is 0.307 e. The second-order valence-corrected chi connectivity index (χ2v) is 6.67. The molecule has 2 aliphatic rings. The highest BCUT2D eigenvalue weighted by Gasteiger charge is 2.41. The molecule has 122 valence electrons. The van der Waals surface area contributed by atoms with Gasteiger partial charge in [0.1, 0.15) is 6.10 Å². The van der Waals surface area contributed by atoms with E-state index in [-0.39, 0.29) is 24.4 Å². The molecule has 0 aromatic heterocycles. The fourth-order valence-electron chi connectivity index (χ4n) is 3.52. The summed E-state index contributed by atoms with van der Waals surface area (Å²) in [6.45, 7) is 0. The molecule has 3 atom stereocenters. The molecule has 0 spiro atoms. The van der Waals surface area contributed by atoms with Gasteiger partial charge in [-0.1, -0.05) is 19.3 Å². The molecule has 4 heteroatoms. The zero-order chi connectivity index (χ0) is 15.9. The number of ether oxygens (including phenoxy) is 1. The summed E-state index contributed by atoms with van der Waals surface area (Å²) in [5, 5.41) is 9.39. The maximum Gasteiger partial charge on any atom is 0.307 e. The van der Waals surface area contributed by atoms with Crippen LogP contribution in [0.4, 0.5) is 0 Å². The Morgan fingerprint density at radius 3 is 2.64 bits per heavy atom. The van der Waals surface area contributed by atoms with E-state index in [0.717, 1.165) is 51.4 Å². The van der Waals surface area contributed by atoms with Crippen LogP contribution in [0.15, 0.2) is 0 Å². The van der Waals surface area contributed by atoms with Crippen molar-refractivity contribution in [2.45, 2.75) is 70.3 Å². The van der Waals surface area contributed by atoms with E-state index < -0.39 is 11.9 Å². The van der Waals surface area contributed by atoms with Crippen molar-refractivity contribution < 1.29 is 19.4 Å². The predicted molar refractivity (Wildman–Crippen MR) is 83.0 cm³/mol. The summed E-state index contributed by atoms with van der Waals surface area (Å²) < 4.78 is 5.42. The monoisotopic (exact) mass is 306 g/mol. The lowest BCUT2D eigenvalue weighted by Crippen LogP contribution is -2.28. The molecule has 22 heavy (non-hydrogen) atoms. The number of hydrogen-bond acceptors (Lipinski definition) is 3. The van der Waals surface area contributed by atoms with Gasteiger partial charge in [-0.3, -0.25) is 9.59 Å². The first-order chi connectivity index (χ1) is 10.6. The molecule has 0 bridgehead atoms. The van der Waals surface area contributed by atoms with Crippen LogP contribution in [0.1, 0.15) is 64.2 Å². The molecule has 0 unspecified atom stereocenters. The Morgan fingerprint density at radius 1 is 1.27 bits per heavy atom. The van der Waals surface area contributed by atoms with Gasteiger partial charge in [0, 0.05) is 6.42 Å². The van der Waals surface area contributed by atoms with E-state index in [0.29, 0.717) is 5.92 Å². The fourth-order valence-corrected chi connectivity index (χ4v) is 3.52. The Morgan fingerprint density at radius 2 is 2.00 bits per heavy atom. The Bertz CT molecular complexity index is 431. The van der Waals surface area contributed by atoms with Crippen molar-refractivity contribution in [3.63, 3.8) is 0 Å². The molecule has 0 aliphatic heterocycles. The van der Waals surface area contributed by atoms with Crippen LogP contribution in [0, 0.1) is 30.1 Å². The number of terminal acetylenes is 1. The van der Waals surface area contributed by atoms with Gasteiger partial charge >= 0.3 is 11.9 Å². The van der Waals surface area contributed by atoms with Crippen LogP contribution < -0.4 is 0 Å². The van der Waals surface area contributed by atoms with E-state index in [1.54, 1.807) is 0 Å². The quantitative estimate of drug-likeness (QED) is 0.424. The minimum atomic E-state index is -0.856. The van der Waals surface area contributed by atoms with E-state index in [9.17, 15) is 14.7 Å². The number of carbonyl (C=O) groups excluding carboxylic acids is 1. The standard InChI is InChI=1S/C18H26O4/c1-2-3-5-10-14-11-16(14)22-17(19)12-15(18(20)21)13-8-6-4-7-9-13/h1,13-16H,3-12H2,(H,20,21)/t14-,15+,16-/m1/s1. The molecule has 0 saturated heterocycles. The van der Waals surface area contributed by atoms with Crippen molar-refractivity contribution in [1.29, 1.82) is 0 Å². The van der Waals surface area contributed by atoms with Gasteiger partial charge in [-0.2, -0.15) is 0 Å². The highest BCUT2D eigenvalue weighted by atomic mass is 16.5. The van der Waals surface area contributed by atoms with Gasteiger partial charge in [-0.05, 0) is 43.9 Å². The number of carboxylic acids is 1. The number of unbranched alkanes of at least 4 members (excludes halogenated alkanes) is 1. The topological polar surface area (TPSA) is 63.6 Å². The fraction of sp³-hybridized carbons (Fsp3) is 0.778. The van der Waals surface area contributed by atoms with Crippen LogP contribution in [-0.4, -0.2) is 23.1 Å². The van der Waals surface area contributed by atoms with Gasteiger partial charge in [-0.25, -0.2) is 0 Å². The van der Waals surface area contributed by atoms with Crippen molar-refractivity contribution in [3.05, 3.63) is 0 Å². The van der Waals surface area contributed by atoms with Crippen molar-refractivity contribution in [1.82, 2.24) is 0 Å². The van der Waals surface area contributed by atoms with Gasteiger partial charge in [0.25, 0.3) is 0 Å². The van der Waals surface area contributed by atoms with Crippen molar-refractivity contribution >= 4 is 11.9 Å². The number of rotatable bonds is 8. The largest absolute Gasteiger partial charge is 0.481 e. The molecule has 2 saturated carbocycles. The van der Waals surface area contributed by atoms with Gasteiger partial charge in [-0.15, -0.1) is 12.3 Å². The summed E-state index contributed by atoms with van der Waals surface area (Å²) in [5.41, 5.74) is 0. The molecule has 0 heterocycles. The lowest BCUT2D eigenvalue weighted by atomic mass is 9.78. The number of aliphatic carboxylic acids is 1. The molecule has 2 rings (SSSR count). The second-order valence-electron chi connectivity index (χ2n) is 6.67. The zero-order valence-corrected chi connectivity index (χ0v) is 13.1. The summed E-state index contributed by atoms with van der Waals surface area (Å²) in [7, 11) is 0. The third-order valence-corrected chi connectivity index (χ3v) is 4.96. The molecule has 2 aliphatic carbocycles. The molecule has 1 N–H and O–H groups in total. The highest BCUT2D eigenvalue weighted by molar-refractivity contribution is 5.79. The summed E-state index contributed by atoms with van der Waals surface area (Å²) in [5.74, 6) is 1.38. The number of carboxylic acid groups (broad SMARTS) is 1. The van der Waals surface area contributed by atoms with Gasteiger partial charge < -0.3 is 9.84 Å². The zero-order valence-electron chi connectivity index (χ0n) is 13.1. The Balaban J connectivity index is 1.73. The van der Waals surface area contributed by atoms with Crippen LogP contribution in [0.3, 0.4) is 0 Å². The van der Waals surface area contributed by atoms with Gasteiger partial charge in [0.15, 0.2) is 0 Å². The first-order valence-electron chi connectivity index (χ1n) is 8.47. The number of esters is 1. The summed E-state index contributed by atoms with van der Waals surface area (Å²) >= 11 is 0. The lowest BCUT2D eigenvalue weighted by molar-refractivity contribution is -0.154. The van der Waals surface area contributed by atoms with Gasteiger partial charge in [0.2, 0.25) is 0 Å². The second kappa shape index (κ2) is 8.22. The molecule has 0 radical (unpaired) electrons. The third kappa shape index (κ3) is 5.05. The molecular weight excluding hydrogens is 280 g/mol. The number of hydrogen-bond donors (Lipinski definition) is 1. The van der Waals surface area contributed by atoms with Crippen LogP contribution in [0.25, 0.3) is 0 Å². The van der Waals surface area contributed by atoms with Crippen molar-refractivity contribution in [2.75, 3.05) is 0 Å². The minimum absolute atomic E-state index is 0.00826. The first kappa shape index (κ1) is 16.9. The highest BCUT2D eigenvalue weighted by Crippen LogP contribution is 2.39. The van der Waals surface area contributed by atoms with E-state index in [1.807, 2.05) is 0 Å². The molecule has 0 amide bonds. The Labute approximate surface area is 132 Å². The summed E-state index contributed by atoms with van der Waals surface area (Å²) in [6, 6.07) is 0. The van der Waals surface area contributed by atoms with E-state index in [2.05, 4.69) is 5.92 Å². The van der Waals surface area contributed by atoms with E-state index in [1.165, 1.54) is 6.42 Å². The minimum Gasteiger partial charge on any atom is -0.481 e. The van der Waals surface area contributed by atoms with Crippen LogP contribution in [0.5, 0.6) is 0 Å². The van der Waals surface area contributed by atoms with Crippen LogP contribution >= 0.6 is 0 Å². The van der Waals surface area contributed by atoms with Crippen LogP contribution in [0.2, 0.25) is 0 Å². The van der Waals surface area contributed by atoms with Crippen LogP contribution in [-0.2, 0) is 14.3 Å². The maximum atomic E-state index is 12.0. The van der Waals surface area contributed by atoms with Gasteiger partial charge in [0.05, 0.1) is 12.3 Å². The normalized spacial score (nSPS) is 26.0. The van der Waals surface area contributed by atoms with Crippen molar-refractivity contribution in [2.24, 2.45) is 17.8 Å². The summed E-state index contributed by atoms with van der Waals surface area (Å²) in [6.07, 6.45) is 14.0. The molecule has 0 aromatic carbocycles. The molecular formula is C18H26O4. The van der Waals surface area contributed by atoms with Crippen molar-refractivity contribution in [3.8, 4) is 12.3 Å².